The van der Waals surface area contributed by atoms with Gasteiger partial charge in [0.1, 0.15) is 5.84 Å². The number of anilines is 1. The van der Waals surface area contributed by atoms with Crippen LogP contribution in [0.3, 0.4) is 0 Å². The first kappa shape index (κ1) is 23.3. The van der Waals surface area contributed by atoms with Gasteiger partial charge < -0.3 is 5.32 Å². The summed E-state index contributed by atoms with van der Waals surface area (Å²) >= 11 is 0. The number of benzene rings is 5. The molecule has 0 bridgehead atoms. The minimum atomic E-state index is 0.844. The molecule has 5 aromatic rings. The van der Waals surface area contributed by atoms with Crippen LogP contribution in [-0.2, 0) is 0 Å². The molecule has 0 aliphatic rings. The molecule has 0 aromatic heterocycles. The molecule has 0 aliphatic heterocycles. The average Bonchev–Trinajstić information content (AvgIpc) is 2.90. The van der Waals surface area contributed by atoms with Gasteiger partial charge in [-0.1, -0.05) is 115 Å². The minimum Gasteiger partial charge on any atom is -0.339 e. The summed E-state index contributed by atoms with van der Waals surface area (Å²) in [6.07, 6.45) is 0. The number of aliphatic imine (C=N–C) groups is 1. The highest BCUT2D eigenvalue weighted by molar-refractivity contribution is 6.13. The fourth-order valence-electron chi connectivity index (χ4n) is 4.84. The maximum Gasteiger partial charge on any atom is 0.138 e. The van der Waals surface area contributed by atoms with Crippen LogP contribution < -0.4 is 5.32 Å². The maximum absolute atomic E-state index is 5.29. The van der Waals surface area contributed by atoms with Crippen molar-refractivity contribution in [3.8, 4) is 22.3 Å². The SMILES string of the molecule is Cc1cc(C)c(C(=Nc2ccccc2-c2ccccc2)Nc2ccccc2-c2ccccc2)c(C)c1. The van der Waals surface area contributed by atoms with Gasteiger partial charge in [-0.25, -0.2) is 4.99 Å². The Kier molecular flexibility index (Phi) is 6.77. The molecule has 0 atom stereocenters. The van der Waals surface area contributed by atoms with Crippen LogP contribution in [0.4, 0.5) is 11.4 Å². The molecule has 5 aromatic carbocycles. The van der Waals surface area contributed by atoms with Gasteiger partial charge in [0.2, 0.25) is 0 Å². The number of aryl methyl sites for hydroxylation is 3. The van der Waals surface area contributed by atoms with E-state index in [0.717, 1.165) is 39.5 Å². The van der Waals surface area contributed by atoms with Gasteiger partial charge in [0.15, 0.2) is 0 Å². The summed E-state index contributed by atoms with van der Waals surface area (Å²) in [5.41, 5.74) is 11.3. The lowest BCUT2D eigenvalue weighted by Gasteiger charge is -2.19. The van der Waals surface area contributed by atoms with Crippen LogP contribution in [0.2, 0.25) is 0 Å². The van der Waals surface area contributed by atoms with Crippen LogP contribution in [0, 0.1) is 20.8 Å². The highest BCUT2D eigenvalue weighted by Gasteiger charge is 2.15. The molecule has 0 unspecified atom stereocenters. The zero-order valence-electron chi connectivity index (χ0n) is 21.0. The van der Waals surface area contributed by atoms with Gasteiger partial charge in [-0.3, -0.25) is 0 Å². The first-order chi connectivity index (χ1) is 17.6. The van der Waals surface area contributed by atoms with E-state index in [4.69, 9.17) is 4.99 Å². The quantitative estimate of drug-likeness (QED) is 0.203. The standard InChI is InChI=1S/C34H30N2/c1-24-22-25(2)33(26(3)23-24)34(35-31-20-12-10-18-29(31)27-14-6-4-7-15-27)36-32-21-13-11-19-30(32)28-16-8-5-9-17-28/h4-23H,1-3H3,(H,35,36). The van der Waals surface area contributed by atoms with E-state index in [9.17, 15) is 0 Å². The fourth-order valence-corrected chi connectivity index (χ4v) is 4.84. The van der Waals surface area contributed by atoms with Crippen molar-refractivity contribution in [3.05, 3.63) is 144 Å². The lowest BCUT2D eigenvalue weighted by atomic mass is 9.97. The van der Waals surface area contributed by atoms with Crippen molar-refractivity contribution in [2.75, 3.05) is 5.32 Å². The second-order valence-corrected chi connectivity index (χ2v) is 9.15. The molecule has 0 heterocycles. The van der Waals surface area contributed by atoms with E-state index in [1.165, 1.54) is 22.3 Å². The van der Waals surface area contributed by atoms with Gasteiger partial charge >= 0.3 is 0 Å². The third-order valence-electron chi connectivity index (χ3n) is 6.40. The summed E-state index contributed by atoms with van der Waals surface area (Å²) in [7, 11) is 0. The molecule has 0 saturated heterocycles. The Labute approximate surface area is 214 Å². The largest absolute Gasteiger partial charge is 0.339 e. The lowest BCUT2D eigenvalue weighted by molar-refractivity contribution is 1.29. The molecule has 2 heteroatoms. The van der Waals surface area contributed by atoms with Gasteiger partial charge in [0.25, 0.3) is 0 Å². The maximum atomic E-state index is 5.29. The van der Waals surface area contributed by atoms with Crippen molar-refractivity contribution in [2.45, 2.75) is 20.8 Å². The van der Waals surface area contributed by atoms with Crippen molar-refractivity contribution in [3.63, 3.8) is 0 Å². The Morgan fingerprint density at radius 3 is 1.69 bits per heavy atom. The first-order valence-electron chi connectivity index (χ1n) is 12.3. The predicted octanol–water partition coefficient (Wildman–Crippen LogP) is 9.14. The van der Waals surface area contributed by atoms with Gasteiger partial charge in [-0.15, -0.1) is 0 Å². The van der Waals surface area contributed by atoms with Gasteiger partial charge in [0, 0.05) is 22.4 Å². The van der Waals surface area contributed by atoms with E-state index in [0.29, 0.717) is 0 Å². The second-order valence-electron chi connectivity index (χ2n) is 9.15. The van der Waals surface area contributed by atoms with E-state index < -0.39 is 0 Å². The second kappa shape index (κ2) is 10.5. The molecule has 0 radical (unpaired) electrons. The topological polar surface area (TPSA) is 24.4 Å². The van der Waals surface area contributed by atoms with Crippen molar-refractivity contribution >= 4 is 17.2 Å². The summed E-state index contributed by atoms with van der Waals surface area (Å²) in [5.74, 6) is 0.844. The molecule has 0 amide bonds. The number of amidine groups is 1. The van der Waals surface area contributed by atoms with Crippen molar-refractivity contribution in [1.29, 1.82) is 0 Å². The summed E-state index contributed by atoms with van der Waals surface area (Å²) in [6.45, 7) is 6.47. The van der Waals surface area contributed by atoms with Crippen LogP contribution in [0.5, 0.6) is 0 Å². The summed E-state index contributed by atoms with van der Waals surface area (Å²) < 4.78 is 0. The Bertz CT molecular complexity index is 1490. The number of para-hydroxylation sites is 2. The third-order valence-corrected chi connectivity index (χ3v) is 6.40. The van der Waals surface area contributed by atoms with E-state index in [2.05, 4.69) is 135 Å². The predicted molar refractivity (Wildman–Crippen MR) is 154 cm³/mol. The molecule has 0 saturated carbocycles. The molecule has 36 heavy (non-hydrogen) atoms. The zero-order chi connectivity index (χ0) is 24.9. The monoisotopic (exact) mass is 466 g/mol. The number of nitrogens with zero attached hydrogens (tertiary/aromatic N) is 1. The van der Waals surface area contributed by atoms with Crippen LogP contribution >= 0.6 is 0 Å². The lowest BCUT2D eigenvalue weighted by Crippen LogP contribution is -2.17. The summed E-state index contributed by atoms with van der Waals surface area (Å²) in [6, 6.07) is 42.2. The summed E-state index contributed by atoms with van der Waals surface area (Å²) in [4.78, 5) is 5.29. The number of nitrogens with one attached hydrogen (secondary N) is 1. The minimum absolute atomic E-state index is 0.844. The number of rotatable bonds is 5. The molecular formula is C34H30N2. The highest BCUT2D eigenvalue weighted by Crippen LogP contribution is 2.33. The Morgan fingerprint density at radius 1 is 0.556 bits per heavy atom. The van der Waals surface area contributed by atoms with Crippen molar-refractivity contribution < 1.29 is 0 Å². The van der Waals surface area contributed by atoms with Crippen molar-refractivity contribution in [1.82, 2.24) is 0 Å². The molecule has 2 nitrogen and oxygen atoms in total. The molecule has 0 aliphatic carbocycles. The molecule has 176 valence electrons. The molecule has 0 fully saturated rings. The van der Waals surface area contributed by atoms with Gasteiger partial charge in [-0.05, 0) is 55.2 Å². The van der Waals surface area contributed by atoms with Gasteiger partial charge in [-0.2, -0.15) is 0 Å². The third kappa shape index (κ3) is 4.99. The van der Waals surface area contributed by atoms with Crippen LogP contribution in [0.1, 0.15) is 22.3 Å². The Balaban J connectivity index is 1.69. The molecule has 1 N–H and O–H groups in total. The smallest absolute Gasteiger partial charge is 0.138 e. The van der Waals surface area contributed by atoms with Crippen molar-refractivity contribution in [2.24, 2.45) is 4.99 Å². The Hall–Kier alpha value is -4.43. The Morgan fingerprint density at radius 2 is 1.06 bits per heavy atom. The highest BCUT2D eigenvalue weighted by atomic mass is 15.0. The van der Waals surface area contributed by atoms with Crippen LogP contribution in [-0.4, -0.2) is 5.84 Å². The van der Waals surface area contributed by atoms with E-state index in [1.54, 1.807) is 0 Å². The van der Waals surface area contributed by atoms with Gasteiger partial charge in [0.05, 0.1) is 5.69 Å². The van der Waals surface area contributed by atoms with Crippen LogP contribution in [0.15, 0.2) is 126 Å². The van der Waals surface area contributed by atoms with E-state index in [-0.39, 0.29) is 0 Å². The number of hydrogen-bond donors (Lipinski definition) is 1. The summed E-state index contributed by atoms with van der Waals surface area (Å²) in [5, 5.41) is 3.74. The normalized spacial score (nSPS) is 11.4. The average molecular weight is 467 g/mol. The van der Waals surface area contributed by atoms with E-state index >= 15 is 0 Å². The molecule has 5 rings (SSSR count). The molecule has 0 spiro atoms. The molecular weight excluding hydrogens is 436 g/mol. The number of hydrogen-bond acceptors (Lipinski definition) is 1. The van der Waals surface area contributed by atoms with E-state index in [1.807, 2.05) is 12.1 Å². The fraction of sp³-hybridized carbons (Fsp3) is 0.0882. The van der Waals surface area contributed by atoms with Crippen LogP contribution in [0.25, 0.3) is 22.3 Å². The first-order valence-corrected chi connectivity index (χ1v) is 12.3. The zero-order valence-corrected chi connectivity index (χ0v) is 21.0.